The third-order valence-electron chi connectivity index (χ3n) is 4.14. The van der Waals surface area contributed by atoms with Gasteiger partial charge in [-0.1, -0.05) is 25.1 Å². The molecule has 0 bridgehead atoms. The number of fused-ring (bicyclic) bond motifs is 1. The SMILES string of the molecule is CCNC(c1ccc2c(c1)COC2)C(C)(C)S(C)(=O)=O. The van der Waals surface area contributed by atoms with Crippen LogP contribution in [0.1, 0.15) is 43.5 Å². The Kier molecular flexibility index (Phi) is 4.23. The Morgan fingerprint density at radius 1 is 1.30 bits per heavy atom. The molecular formula is C15H23NO3S. The highest BCUT2D eigenvalue weighted by Crippen LogP contribution is 2.34. The normalized spacial score (nSPS) is 17.0. The Balaban J connectivity index is 2.44. The second-order valence-corrected chi connectivity index (χ2v) is 8.48. The van der Waals surface area contributed by atoms with E-state index >= 15 is 0 Å². The van der Waals surface area contributed by atoms with Crippen LogP contribution in [0.25, 0.3) is 0 Å². The van der Waals surface area contributed by atoms with Crippen LogP contribution < -0.4 is 5.32 Å². The molecule has 1 aromatic carbocycles. The predicted molar refractivity (Wildman–Crippen MR) is 80.3 cm³/mol. The first-order chi connectivity index (χ1) is 9.27. The maximum atomic E-state index is 12.1. The molecule has 1 aliphatic heterocycles. The third kappa shape index (κ3) is 2.75. The maximum Gasteiger partial charge on any atom is 0.154 e. The van der Waals surface area contributed by atoms with Crippen LogP contribution in [0.2, 0.25) is 0 Å². The molecule has 1 aliphatic rings. The largest absolute Gasteiger partial charge is 0.372 e. The van der Waals surface area contributed by atoms with Gasteiger partial charge in [0.2, 0.25) is 0 Å². The smallest absolute Gasteiger partial charge is 0.154 e. The van der Waals surface area contributed by atoms with E-state index in [1.54, 1.807) is 13.8 Å². The number of hydrogen-bond acceptors (Lipinski definition) is 4. The summed E-state index contributed by atoms with van der Waals surface area (Å²) in [4.78, 5) is 0. The lowest BCUT2D eigenvalue weighted by Gasteiger charge is -2.34. The highest BCUT2D eigenvalue weighted by Gasteiger charge is 2.39. The van der Waals surface area contributed by atoms with E-state index in [9.17, 15) is 8.42 Å². The van der Waals surface area contributed by atoms with Crippen LogP contribution in [-0.2, 0) is 27.8 Å². The summed E-state index contributed by atoms with van der Waals surface area (Å²) in [6.07, 6.45) is 1.30. The number of nitrogens with one attached hydrogen (secondary N) is 1. The zero-order valence-corrected chi connectivity index (χ0v) is 13.4. The standard InChI is InChI=1S/C15H23NO3S/c1-5-16-14(15(2,3)20(4,17)18)11-6-7-12-9-19-10-13(12)8-11/h6-8,14,16H,5,9-10H2,1-4H3. The topological polar surface area (TPSA) is 55.4 Å². The van der Waals surface area contributed by atoms with Gasteiger partial charge < -0.3 is 10.1 Å². The van der Waals surface area contributed by atoms with Crippen molar-refractivity contribution in [1.82, 2.24) is 5.32 Å². The molecule has 1 atom stereocenters. The zero-order chi connectivity index (χ0) is 15.0. The Morgan fingerprint density at radius 2 is 1.95 bits per heavy atom. The summed E-state index contributed by atoms with van der Waals surface area (Å²) in [5.41, 5.74) is 3.36. The zero-order valence-electron chi connectivity index (χ0n) is 12.6. The summed E-state index contributed by atoms with van der Waals surface area (Å²) in [6.45, 7) is 7.52. The summed E-state index contributed by atoms with van der Waals surface area (Å²) in [7, 11) is -3.18. The van der Waals surface area contributed by atoms with Gasteiger partial charge in [0.05, 0.1) is 24.0 Å². The Bertz CT molecular complexity index is 593. The van der Waals surface area contributed by atoms with Crippen molar-refractivity contribution >= 4 is 9.84 Å². The van der Waals surface area contributed by atoms with E-state index in [0.717, 1.165) is 17.7 Å². The fraction of sp³-hybridized carbons (Fsp3) is 0.600. The quantitative estimate of drug-likeness (QED) is 0.905. The highest BCUT2D eigenvalue weighted by atomic mass is 32.2. The van der Waals surface area contributed by atoms with Crippen LogP contribution in [-0.4, -0.2) is 26.0 Å². The van der Waals surface area contributed by atoms with Crippen LogP contribution >= 0.6 is 0 Å². The Morgan fingerprint density at radius 3 is 2.55 bits per heavy atom. The first-order valence-corrected chi connectivity index (χ1v) is 8.79. The van der Waals surface area contributed by atoms with Crippen molar-refractivity contribution in [3.8, 4) is 0 Å². The van der Waals surface area contributed by atoms with Crippen LogP contribution in [0.5, 0.6) is 0 Å². The number of rotatable bonds is 5. The molecule has 112 valence electrons. The van der Waals surface area contributed by atoms with Crippen molar-refractivity contribution in [1.29, 1.82) is 0 Å². The molecule has 0 saturated carbocycles. The van der Waals surface area contributed by atoms with E-state index in [2.05, 4.69) is 11.4 Å². The first-order valence-electron chi connectivity index (χ1n) is 6.89. The van der Waals surface area contributed by atoms with Crippen LogP contribution in [0.3, 0.4) is 0 Å². The number of sulfone groups is 1. The molecule has 0 spiro atoms. The first kappa shape index (κ1) is 15.5. The van der Waals surface area contributed by atoms with Gasteiger partial charge in [0.1, 0.15) is 0 Å². The van der Waals surface area contributed by atoms with Crippen LogP contribution in [0.4, 0.5) is 0 Å². The van der Waals surface area contributed by atoms with Gasteiger partial charge in [-0.15, -0.1) is 0 Å². The van der Waals surface area contributed by atoms with Gasteiger partial charge in [0.25, 0.3) is 0 Å². The van der Waals surface area contributed by atoms with Gasteiger partial charge in [0, 0.05) is 6.26 Å². The van der Waals surface area contributed by atoms with E-state index < -0.39 is 14.6 Å². The molecule has 0 aliphatic carbocycles. The molecule has 20 heavy (non-hydrogen) atoms. The molecule has 2 rings (SSSR count). The van der Waals surface area contributed by atoms with Crippen molar-refractivity contribution < 1.29 is 13.2 Å². The maximum absolute atomic E-state index is 12.1. The lowest BCUT2D eigenvalue weighted by atomic mass is 9.92. The van der Waals surface area contributed by atoms with E-state index in [1.165, 1.54) is 11.8 Å². The monoisotopic (exact) mass is 297 g/mol. The molecule has 0 saturated heterocycles. The van der Waals surface area contributed by atoms with Gasteiger partial charge in [-0.3, -0.25) is 0 Å². The molecule has 0 amide bonds. The summed E-state index contributed by atoms with van der Waals surface area (Å²) in [5.74, 6) is 0. The van der Waals surface area contributed by atoms with E-state index in [-0.39, 0.29) is 6.04 Å². The minimum atomic E-state index is -3.18. The van der Waals surface area contributed by atoms with Crippen LogP contribution in [0, 0.1) is 0 Å². The van der Waals surface area contributed by atoms with Gasteiger partial charge in [0.15, 0.2) is 9.84 Å². The van der Waals surface area contributed by atoms with E-state index in [0.29, 0.717) is 13.2 Å². The van der Waals surface area contributed by atoms with Crippen LogP contribution in [0.15, 0.2) is 18.2 Å². The second-order valence-electron chi connectivity index (χ2n) is 5.89. The number of ether oxygens (including phenoxy) is 1. The summed E-state index contributed by atoms with van der Waals surface area (Å²) in [5, 5.41) is 3.32. The van der Waals surface area contributed by atoms with Crippen molar-refractivity contribution in [2.75, 3.05) is 12.8 Å². The third-order valence-corrected chi connectivity index (χ3v) is 6.28. The van der Waals surface area contributed by atoms with E-state index in [4.69, 9.17) is 4.74 Å². The number of hydrogen-bond donors (Lipinski definition) is 1. The summed E-state index contributed by atoms with van der Waals surface area (Å²) in [6, 6.07) is 5.89. The minimum Gasteiger partial charge on any atom is -0.372 e. The fourth-order valence-corrected chi connectivity index (χ4v) is 3.20. The minimum absolute atomic E-state index is 0.228. The molecule has 1 heterocycles. The van der Waals surface area contributed by atoms with Gasteiger partial charge in [-0.25, -0.2) is 8.42 Å². The number of benzene rings is 1. The summed E-state index contributed by atoms with van der Waals surface area (Å²) >= 11 is 0. The average Bonchev–Trinajstić information content (AvgIpc) is 2.81. The van der Waals surface area contributed by atoms with E-state index in [1.807, 2.05) is 19.1 Å². The molecule has 1 N–H and O–H groups in total. The summed E-state index contributed by atoms with van der Waals surface area (Å²) < 4.78 is 28.8. The second kappa shape index (κ2) is 5.47. The molecule has 0 fully saturated rings. The van der Waals surface area contributed by atoms with Crippen molar-refractivity contribution in [3.05, 3.63) is 34.9 Å². The van der Waals surface area contributed by atoms with Gasteiger partial charge in [-0.2, -0.15) is 0 Å². The highest BCUT2D eigenvalue weighted by molar-refractivity contribution is 7.92. The lowest BCUT2D eigenvalue weighted by molar-refractivity contribution is 0.134. The lowest BCUT2D eigenvalue weighted by Crippen LogP contribution is -2.45. The Hall–Kier alpha value is -0.910. The van der Waals surface area contributed by atoms with Crippen molar-refractivity contribution in [3.63, 3.8) is 0 Å². The molecule has 0 aromatic heterocycles. The van der Waals surface area contributed by atoms with Crippen molar-refractivity contribution in [2.45, 2.75) is 44.8 Å². The molecule has 5 heteroatoms. The molecule has 1 unspecified atom stereocenters. The molecule has 0 radical (unpaired) electrons. The fourth-order valence-electron chi connectivity index (χ4n) is 2.55. The molecule has 1 aromatic rings. The average molecular weight is 297 g/mol. The predicted octanol–water partition coefficient (Wildman–Crippen LogP) is 2.19. The Labute approximate surface area is 121 Å². The van der Waals surface area contributed by atoms with Gasteiger partial charge in [-0.05, 0) is 37.1 Å². The van der Waals surface area contributed by atoms with Crippen molar-refractivity contribution in [2.24, 2.45) is 0 Å². The molecule has 4 nitrogen and oxygen atoms in total. The molecular weight excluding hydrogens is 274 g/mol. The van der Waals surface area contributed by atoms with Gasteiger partial charge >= 0.3 is 0 Å².